The zero-order valence-electron chi connectivity index (χ0n) is 31.2. The van der Waals surface area contributed by atoms with Crippen LogP contribution in [0.1, 0.15) is 53.5 Å². The van der Waals surface area contributed by atoms with Crippen molar-refractivity contribution in [1.29, 1.82) is 0 Å². The average Bonchev–Trinajstić information content (AvgIpc) is 4.03. The Morgan fingerprint density at radius 2 is 0.982 bits per heavy atom. The summed E-state index contributed by atoms with van der Waals surface area (Å²) in [5.41, 5.74) is 17.7. The Labute approximate surface area is 327 Å². The van der Waals surface area contributed by atoms with Crippen LogP contribution in [-0.4, -0.2) is 4.57 Å². The van der Waals surface area contributed by atoms with Crippen LogP contribution in [-0.2, 0) is 11.0 Å². The molecule has 0 unspecified atom stereocenters. The second kappa shape index (κ2) is 11.9. The molecule has 3 aliphatic rings. The third kappa shape index (κ3) is 4.11. The average molecular weight is 717 g/mol. The molecule has 2 nitrogen and oxygen atoms in total. The quantitative estimate of drug-likeness (QED) is 0.172. The van der Waals surface area contributed by atoms with E-state index in [4.69, 9.17) is 0 Å². The fourth-order valence-corrected chi connectivity index (χ4v) is 11.2. The Balaban J connectivity index is 1.19. The zero-order chi connectivity index (χ0) is 36.8. The van der Waals surface area contributed by atoms with Crippen LogP contribution >= 0.6 is 0 Å². The first-order chi connectivity index (χ1) is 27.8. The van der Waals surface area contributed by atoms with Gasteiger partial charge in [-0.1, -0.05) is 171 Å². The maximum atomic E-state index is 2.67. The molecule has 0 aliphatic heterocycles. The molecule has 0 radical (unpaired) electrons. The number of hydrogen-bond acceptors (Lipinski definition) is 1. The molecule has 0 N–H and O–H groups in total. The third-order valence-electron chi connectivity index (χ3n) is 13.3. The highest BCUT2D eigenvalue weighted by molar-refractivity contribution is 6.11. The van der Waals surface area contributed by atoms with Crippen molar-refractivity contribution in [2.24, 2.45) is 0 Å². The normalized spacial score (nSPS) is 15.5. The lowest BCUT2D eigenvalue weighted by atomic mass is 9.77. The van der Waals surface area contributed by atoms with Crippen LogP contribution in [0.3, 0.4) is 0 Å². The lowest BCUT2D eigenvalue weighted by Gasteiger charge is -2.37. The topological polar surface area (TPSA) is 8.17 Å². The lowest BCUT2D eigenvalue weighted by Crippen LogP contribution is -2.35. The molecule has 3 aliphatic carbocycles. The Kier molecular flexibility index (Phi) is 6.75. The molecule has 1 aromatic heterocycles. The van der Waals surface area contributed by atoms with Crippen LogP contribution < -0.4 is 4.90 Å². The van der Waals surface area contributed by atoms with Gasteiger partial charge in [0.1, 0.15) is 5.54 Å². The fraction of sp³-hybridized carbons (Fsp3) is 0.111. The molecule has 266 valence electrons. The van der Waals surface area contributed by atoms with Crippen molar-refractivity contribution in [3.8, 4) is 22.3 Å². The van der Waals surface area contributed by atoms with Crippen LogP contribution in [0.25, 0.3) is 44.1 Å². The highest BCUT2D eigenvalue weighted by Gasteiger charge is 2.48. The van der Waals surface area contributed by atoms with Crippen LogP contribution in [0.15, 0.2) is 194 Å². The van der Waals surface area contributed by atoms with Gasteiger partial charge in [0, 0.05) is 33.1 Å². The van der Waals surface area contributed by atoms with E-state index in [-0.39, 0.29) is 5.41 Å². The minimum absolute atomic E-state index is 0.0893. The lowest BCUT2D eigenvalue weighted by molar-refractivity contribution is 0.550. The van der Waals surface area contributed by atoms with Gasteiger partial charge in [-0.25, -0.2) is 0 Å². The first-order valence-corrected chi connectivity index (χ1v) is 20.2. The molecule has 9 aromatic rings. The van der Waals surface area contributed by atoms with Crippen molar-refractivity contribution in [3.05, 3.63) is 222 Å². The summed E-state index contributed by atoms with van der Waals surface area (Å²) >= 11 is 0. The summed E-state index contributed by atoms with van der Waals surface area (Å²) in [6, 6.07) is 72.8. The molecule has 0 atom stereocenters. The van der Waals surface area contributed by atoms with Gasteiger partial charge >= 0.3 is 0 Å². The number of anilines is 3. The minimum atomic E-state index is -0.603. The number of fused-ring (bicyclic) bond motifs is 11. The van der Waals surface area contributed by atoms with E-state index in [0.717, 1.165) is 11.4 Å². The van der Waals surface area contributed by atoms with Gasteiger partial charge in [-0.3, -0.25) is 0 Å². The molecule has 1 saturated carbocycles. The van der Waals surface area contributed by atoms with Gasteiger partial charge in [-0.2, -0.15) is 0 Å². The maximum absolute atomic E-state index is 2.67. The first kappa shape index (κ1) is 31.7. The van der Waals surface area contributed by atoms with Gasteiger partial charge in [0.2, 0.25) is 0 Å². The number of benzene rings is 8. The van der Waals surface area contributed by atoms with E-state index in [0.29, 0.717) is 0 Å². The van der Waals surface area contributed by atoms with Crippen LogP contribution in [0.5, 0.6) is 0 Å². The maximum Gasteiger partial charge on any atom is 0.122 e. The zero-order valence-corrected chi connectivity index (χ0v) is 31.2. The van der Waals surface area contributed by atoms with E-state index in [2.05, 4.69) is 204 Å². The summed E-state index contributed by atoms with van der Waals surface area (Å²) in [6.07, 6.45) is 4.97. The summed E-state index contributed by atoms with van der Waals surface area (Å²) < 4.78 is 2.67. The van der Waals surface area contributed by atoms with Crippen molar-refractivity contribution in [3.63, 3.8) is 0 Å². The van der Waals surface area contributed by atoms with E-state index in [1.807, 2.05) is 0 Å². The molecule has 1 fully saturated rings. The van der Waals surface area contributed by atoms with Crippen LogP contribution in [0, 0.1) is 0 Å². The summed E-state index contributed by atoms with van der Waals surface area (Å²) in [5, 5.41) is 2.51. The number of hydrogen-bond donors (Lipinski definition) is 0. The number of aromatic nitrogens is 1. The number of nitrogens with zero attached hydrogens (tertiary/aromatic N) is 2. The summed E-state index contributed by atoms with van der Waals surface area (Å²) in [6.45, 7) is 0. The Morgan fingerprint density at radius 1 is 0.411 bits per heavy atom. The van der Waals surface area contributed by atoms with E-state index in [1.54, 1.807) is 0 Å². The molecule has 0 amide bonds. The second-order valence-corrected chi connectivity index (χ2v) is 15.9. The molecule has 0 bridgehead atoms. The Morgan fingerprint density at radius 3 is 1.71 bits per heavy atom. The van der Waals surface area contributed by atoms with Crippen molar-refractivity contribution < 1.29 is 0 Å². The monoisotopic (exact) mass is 716 g/mol. The highest BCUT2D eigenvalue weighted by atomic mass is 15.2. The highest BCUT2D eigenvalue weighted by Crippen LogP contribution is 2.60. The molecule has 1 heterocycles. The number of rotatable bonds is 5. The van der Waals surface area contributed by atoms with E-state index < -0.39 is 5.54 Å². The van der Waals surface area contributed by atoms with Gasteiger partial charge in [-0.05, 0) is 93.7 Å². The smallest absolute Gasteiger partial charge is 0.122 e. The third-order valence-corrected chi connectivity index (χ3v) is 13.3. The molecular formula is C54H40N2. The summed E-state index contributed by atoms with van der Waals surface area (Å²) in [5.74, 6) is 0. The van der Waals surface area contributed by atoms with E-state index in [1.165, 1.54) is 103 Å². The van der Waals surface area contributed by atoms with Gasteiger partial charge < -0.3 is 9.47 Å². The standard InChI is InChI=1S/C54H40N2/c1-3-18-37(19-4-1)54(46-27-12-7-22-40(46)41-23-8-13-28-47(41)54)56-49-30-14-10-24-42(49)43-33-32-39(36-51(43)56)55(38-20-5-2-6-21-38)50-31-17-29-48-52(50)44-25-9-11-26-45(44)53(48)34-15-16-35-53/h1-14,17-33,36H,15-16,34-35H2. The van der Waals surface area contributed by atoms with Gasteiger partial charge in [0.15, 0.2) is 0 Å². The SMILES string of the molecule is c1ccc(N(c2ccc3c4ccccc4n(C4(c5ccccc5)c5ccccc5-c5ccccc54)c3c2)c2cccc3c2-c2ccccc2C32CCCC2)cc1. The van der Waals surface area contributed by atoms with Crippen molar-refractivity contribution >= 4 is 38.9 Å². The molecule has 56 heavy (non-hydrogen) atoms. The van der Waals surface area contributed by atoms with Crippen LogP contribution in [0.2, 0.25) is 0 Å². The molecule has 12 rings (SSSR count). The summed E-state index contributed by atoms with van der Waals surface area (Å²) in [4.78, 5) is 2.52. The molecule has 8 aromatic carbocycles. The van der Waals surface area contributed by atoms with Gasteiger partial charge in [0.05, 0.1) is 16.7 Å². The predicted octanol–water partition coefficient (Wildman–Crippen LogP) is 13.9. The van der Waals surface area contributed by atoms with E-state index in [9.17, 15) is 0 Å². The summed E-state index contributed by atoms with van der Waals surface area (Å²) in [7, 11) is 0. The molecular weight excluding hydrogens is 677 g/mol. The minimum Gasteiger partial charge on any atom is -0.322 e. The molecule has 0 saturated heterocycles. The van der Waals surface area contributed by atoms with Gasteiger partial charge in [-0.15, -0.1) is 0 Å². The second-order valence-electron chi connectivity index (χ2n) is 15.9. The molecule has 1 spiro atoms. The van der Waals surface area contributed by atoms with Gasteiger partial charge in [0.25, 0.3) is 0 Å². The van der Waals surface area contributed by atoms with Crippen molar-refractivity contribution in [1.82, 2.24) is 4.57 Å². The van der Waals surface area contributed by atoms with E-state index >= 15 is 0 Å². The van der Waals surface area contributed by atoms with Crippen LogP contribution in [0.4, 0.5) is 17.1 Å². The fourth-order valence-electron chi connectivity index (χ4n) is 11.2. The first-order valence-electron chi connectivity index (χ1n) is 20.2. The number of para-hydroxylation sites is 2. The Bertz CT molecular complexity index is 2940. The van der Waals surface area contributed by atoms with Crippen molar-refractivity contribution in [2.45, 2.75) is 36.6 Å². The predicted molar refractivity (Wildman–Crippen MR) is 232 cm³/mol. The van der Waals surface area contributed by atoms with Crippen molar-refractivity contribution in [2.75, 3.05) is 4.90 Å². The molecule has 2 heteroatoms. The largest absolute Gasteiger partial charge is 0.322 e. The Hall–Kier alpha value is -6.64.